The summed E-state index contributed by atoms with van der Waals surface area (Å²) >= 11 is 0. The summed E-state index contributed by atoms with van der Waals surface area (Å²) in [6.45, 7) is 7.24. The van der Waals surface area contributed by atoms with E-state index in [9.17, 15) is 9.59 Å². The van der Waals surface area contributed by atoms with Crippen LogP contribution in [0.25, 0.3) is 0 Å². The van der Waals surface area contributed by atoms with Crippen molar-refractivity contribution in [2.75, 3.05) is 13.7 Å². The maximum Gasteiger partial charge on any atom is 0.328 e. The predicted molar refractivity (Wildman–Crippen MR) is 87.5 cm³/mol. The lowest BCUT2D eigenvalue weighted by atomic mass is 9.71. The Bertz CT molecular complexity index is 644. The summed E-state index contributed by atoms with van der Waals surface area (Å²) < 4.78 is 10.3. The number of likely N-dealkylation sites (tertiary alicyclic amines) is 1. The van der Waals surface area contributed by atoms with E-state index in [-0.39, 0.29) is 17.3 Å². The highest BCUT2D eigenvalue weighted by atomic mass is 16.5. The molecule has 24 heavy (non-hydrogen) atoms. The van der Waals surface area contributed by atoms with Crippen LogP contribution in [0.4, 0.5) is 0 Å². The Morgan fingerprint density at radius 2 is 2.04 bits per heavy atom. The van der Waals surface area contributed by atoms with Gasteiger partial charge in [-0.2, -0.15) is 0 Å². The molecule has 6 nitrogen and oxygen atoms in total. The lowest BCUT2D eigenvalue weighted by Gasteiger charge is -2.33. The Kier molecular flexibility index (Phi) is 4.40. The Morgan fingerprint density at radius 3 is 2.71 bits per heavy atom. The van der Waals surface area contributed by atoms with Crippen molar-refractivity contribution >= 4 is 11.9 Å². The van der Waals surface area contributed by atoms with Crippen LogP contribution in [0.2, 0.25) is 0 Å². The predicted octanol–water partition coefficient (Wildman–Crippen LogP) is 2.60. The van der Waals surface area contributed by atoms with Gasteiger partial charge in [0.05, 0.1) is 7.11 Å². The number of rotatable bonds is 2. The third-order valence-corrected chi connectivity index (χ3v) is 5.45. The second-order valence-electron chi connectivity index (χ2n) is 7.92. The fourth-order valence-electron chi connectivity index (χ4n) is 3.84. The number of aryl methyl sites for hydroxylation is 1. The molecule has 0 saturated carbocycles. The molecule has 132 valence electrons. The van der Waals surface area contributed by atoms with Gasteiger partial charge in [-0.1, -0.05) is 25.9 Å². The lowest BCUT2D eigenvalue weighted by Crippen LogP contribution is -2.41. The normalized spacial score (nSPS) is 23.9. The minimum absolute atomic E-state index is 0.178. The molecule has 1 saturated heterocycles. The van der Waals surface area contributed by atoms with Crippen molar-refractivity contribution in [2.24, 2.45) is 11.3 Å². The van der Waals surface area contributed by atoms with Gasteiger partial charge in [-0.3, -0.25) is 4.79 Å². The van der Waals surface area contributed by atoms with Crippen LogP contribution < -0.4 is 0 Å². The van der Waals surface area contributed by atoms with Crippen molar-refractivity contribution in [3.05, 3.63) is 17.0 Å². The number of aromatic nitrogens is 1. The van der Waals surface area contributed by atoms with E-state index in [2.05, 4.69) is 25.9 Å². The minimum atomic E-state index is -0.503. The third kappa shape index (κ3) is 2.94. The molecule has 1 aromatic heterocycles. The Hall–Kier alpha value is -1.85. The van der Waals surface area contributed by atoms with E-state index in [0.717, 1.165) is 37.0 Å². The summed E-state index contributed by atoms with van der Waals surface area (Å²) in [5, 5.41) is 4.06. The summed E-state index contributed by atoms with van der Waals surface area (Å²) in [5.41, 5.74) is 1.49. The van der Waals surface area contributed by atoms with Gasteiger partial charge in [0.25, 0.3) is 5.91 Å². The van der Waals surface area contributed by atoms with E-state index in [0.29, 0.717) is 24.6 Å². The smallest absolute Gasteiger partial charge is 0.328 e. The van der Waals surface area contributed by atoms with Crippen molar-refractivity contribution in [1.82, 2.24) is 10.1 Å². The van der Waals surface area contributed by atoms with Crippen LogP contribution in [0, 0.1) is 11.3 Å². The molecule has 0 N–H and O–H groups in total. The van der Waals surface area contributed by atoms with Gasteiger partial charge in [-0.05, 0) is 37.0 Å². The number of ether oxygens (including phenoxy) is 1. The molecular formula is C18H26N2O4. The zero-order chi connectivity index (χ0) is 17.5. The summed E-state index contributed by atoms with van der Waals surface area (Å²) in [5.74, 6) is 0.756. The molecule has 0 bridgehead atoms. The second-order valence-corrected chi connectivity index (χ2v) is 7.92. The molecule has 3 rings (SSSR count). The third-order valence-electron chi connectivity index (χ3n) is 5.45. The number of hydrogen-bond donors (Lipinski definition) is 0. The zero-order valence-corrected chi connectivity index (χ0v) is 14.9. The highest BCUT2D eigenvalue weighted by Gasteiger charge is 2.40. The van der Waals surface area contributed by atoms with Crippen LogP contribution in [0.15, 0.2) is 4.52 Å². The maximum absolute atomic E-state index is 13.0. The first-order valence-electron chi connectivity index (χ1n) is 8.69. The van der Waals surface area contributed by atoms with E-state index < -0.39 is 6.04 Å². The molecule has 1 aliphatic carbocycles. The average Bonchev–Trinajstić information content (AvgIpc) is 3.18. The van der Waals surface area contributed by atoms with Crippen LogP contribution in [0.5, 0.6) is 0 Å². The number of carbonyl (C=O) groups excluding carboxylic acids is 2. The maximum atomic E-state index is 13.0. The van der Waals surface area contributed by atoms with Crippen LogP contribution in [-0.4, -0.2) is 41.6 Å². The van der Waals surface area contributed by atoms with E-state index in [1.165, 1.54) is 7.11 Å². The molecule has 0 spiro atoms. The summed E-state index contributed by atoms with van der Waals surface area (Å²) in [4.78, 5) is 26.5. The van der Waals surface area contributed by atoms with Gasteiger partial charge in [0, 0.05) is 18.5 Å². The number of nitrogens with zero attached hydrogens (tertiary/aromatic N) is 2. The van der Waals surface area contributed by atoms with Gasteiger partial charge in [0.1, 0.15) is 11.8 Å². The van der Waals surface area contributed by atoms with Gasteiger partial charge < -0.3 is 14.2 Å². The standard InChI is InChI=1S/C18H26N2O4/c1-18(2,3)11-7-8-14-12(10-11)15(19-24-14)16(21)20-9-5-6-13(20)17(22)23-4/h11,13H,5-10H2,1-4H3. The first-order chi connectivity index (χ1) is 11.3. The van der Waals surface area contributed by atoms with E-state index >= 15 is 0 Å². The van der Waals surface area contributed by atoms with Gasteiger partial charge >= 0.3 is 5.97 Å². The second kappa shape index (κ2) is 6.22. The molecule has 2 unspecified atom stereocenters. The fraction of sp³-hybridized carbons (Fsp3) is 0.722. The van der Waals surface area contributed by atoms with E-state index in [4.69, 9.17) is 9.26 Å². The van der Waals surface area contributed by atoms with E-state index in [1.807, 2.05) is 0 Å². The van der Waals surface area contributed by atoms with Crippen molar-refractivity contribution in [3.63, 3.8) is 0 Å². The zero-order valence-electron chi connectivity index (χ0n) is 14.9. The van der Waals surface area contributed by atoms with Crippen LogP contribution >= 0.6 is 0 Å². The molecule has 0 aromatic carbocycles. The number of fused-ring (bicyclic) bond motifs is 1. The van der Waals surface area contributed by atoms with Crippen LogP contribution in [-0.2, 0) is 22.4 Å². The van der Waals surface area contributed by atoms with Gasteiger partial charge in [-0.25, -0.2) is 4.79 Å². The number of carbonyl (C=O) groups is 2. The van der Waals surface area contributed by atoms with Gasteiger partial charge in [0.15, 0.2) is 5.69 Å². The highest BCUT2D eigenvalue weighted by Crippen LogP contribution is 2.38. The molecular weight excluding hydrogens is 308 g/mol. The molecule has 2 aliphatic rings. The monoisotopic (exact) mass is 334 g/mol. The van der Waals surface area contributed by atoms with Gasteiger partial charge in [0.2, 0.25) is 0 Å². The molecule has 1 fully saturated rings. The SMILES string of the molecule is COC(=O)C1CCCN1C(=O)c1noc2c1CC(C(C)(C)C)CC2. The quantitative estimate of drug-likeness (QED) is 0.777. The molecule has 0 radical (unpaired) electrons. The number of esters is 1. The van der Waals surface area contributed by atoms with Crippen molar-refractivity contribution in [2.45, 2.75) is 58.9 Å². The number of amides is 1. The lowest BCUT2D eigenvalue weighted by molar-refractivity contribution is -0.145. The highest BCUT2D eigenvalue weighted by molar-refractivity contribution is 5.96. The summed E-state index contributed by atoms with van der Waals surface area (Å²) in [6.07, 6.45) is 4.12. The molecule has 2 heterocycles. The van der Waals surface area contributed by atoms with Gasteiger partial charge in [-0.15, -0.1) is 0 Å². The summed E-state index contributed by atoms with van der Waals surface area (Å²) in [6, 6.07) is -0.503. The van der Waals surface area contributed by atoms with Crippen LogP contribution in [0.3, 0.4) is 0 Å². The topological polar surface area (TPSA) is 72.6 Å². The first kappa shape index (κ1) is 17.0. The van der Waals surface area contributed by atoms with Crippen molar-refractivity contribution in [1.29, 1.82) is 0 Å². The molecule has 1 aromatic rings. The largest absolute Gasteiger partial charge is 0.467 e. The molecule has 6 heteroatoms. The number of methoxy groups -OCH3 is 1. The average molecular weight is 334 g/mol. The van der Waals surface area contributed by atoms with Crippen LogP contribution in [0.1, 0.15) is 61.8 Å². The molecule has 2 atom stereocenters. The molecule has 1 amide bonds. The van der Waals surface area contributed by atoms with E-state index in [1.54, 1.807) is 4.90 Å². The minimum Gasteiger partial charge on any atom is -0.467 e. The fourth-order valence-corrected chi connectivity index (χ4v) is 3.84. The Balaban J connectivity index is 1.85. The Labute approximate surface area is 142 Å². The Morgan fingerprint density at radius 1 is 1.29 bits per heavy atom. The number of hydrogen-bond acceptors (Lipinski definition) is 5. The van der Waals surface area contributed by atoms with Crippen molar-refractivity contribution < 1.29 is 18.8 Å². The van der Waals surface area contributed by atoms with Crippen molar-refractivity contribution in [3.8, 4) is 0 Å². The summed E-state index contributed by atoms with van der Waals surface area (Å²) in [7, 11) is 1.36. The molecule has 1 aliphatic heterocycles. The first-order valence-corrected chi connectivity index (χ1v) is 8.69.